The van der Waals surface area contributed by atoms with Crippen LogP contribution in [0.25, 0.3) is 0 Å². The molecule has 0 aromatic heterocycles. The first-order valence-corrected chi connectivity index (χ1v) is 7.34. The molecule has 0 aromatic carbocycles. The van der Waals surface area contributed by atoms with Crippen LogP contribution in [-0.4, -0.2) is 55.5 Å². The molecule has 2 N–H and O–H groups in total. The van der Waals surface area contributed by atoms with Crippen LogP contribution in [0.2, 0.25) is 0 Å². The van der Waals surface area contributed by atoms with Crippen LogP contribution in [0.5, 0.6) is 0 Å². The average Bonchev–Trinajstić information content (AvgIpc) is 2.73. The maximum absolute atomic E-state index is 12.6. The highest BCUT2D eigenvalue weighted by molar-refractivity contribution is 5.92. The maximum Gasteiger partial charge on any atom is 0.236 e. The van der Waals surface area contributed by atoms with Gasteiger partial charge in [-0.1, -0.05) is 13.8 Å². The van der Waals surface area contributed by atoms with Gasteiger partial charge in [0.1, 0.15) is 5.78 Å². The van der Waals surface area contributed by atoms with Gasteiger partial charge in [0.05, 0.1) is 18.6 Å². The second kappa shape index (κ2) is 5.11. The smallest absolute Gasteiger partial charge is 0.236 e. The molecule has 3 atom stereocenters. The third-order valence-electron chi connectivity index (χ3n) is 5.75. The van der Waals surface area contributed by atoms with Crippen molar-refractivity contribution in [3.63, 3.8) is 0 Å². The largest absolute Gasteiger partial charge is 0.395 e. The van der Waals surface area contributed by atoms with Crippen molar-refractivity contribution >= 4 is 11.7 Å². The zero-order valence-electron chi connectivity index (χ0n) is 12.9. The fourth-order valence-electron chi connectivity index (χ4n) is 4.21. The van der Waals surface area contributed by atoms with E-state index in [1.54, 1.807) is 14.1 Å². The van der Waals surface area contributed by atoms with Gasteiger partial charge in [-0.15, -0.1) is 0 Å². The molecule has 20 heavy (non-hydrogen) atoms. The van der Waals surface area contributed by atoms with E-state index in [1.807, 2.05) is 0 Å². The van der Waals surface area contributed by atoms with Gasteiger partial charge in [-0.2, -0.15) is 0 Å². The molecule has 114 valence electrons. The van der Waals surface area contributed by atoms with E-state index < -0.39 is 5.41 Å². The second-order valence-corrected chi connectivity index (χ2v) is 7.00. The number of carbonyl (C=O) groups excluding carboxylic acids is 2. The number of carbonyl (C=O) groups is 2. The Morgan fingerprint density at radius 3 is 2.60 bits per heavy atom. The first kappa shape index (κ1) is 15.4. The van der Waals surface area contributed by atoms with E-state index in [1.165, 1.54) is 4.90 Å². The summed E-state index contributed by atoms with van der Waals surface area (Å²) in [7, 11) is 3.44. The molecule has 2 fully saturated rings. The van der Waals surface area contributed by atoms with Crippen molar-refractivity contribution in [3.05, 3.63) is 0 Å². The first-order chi connectivity index (χ1) is 9.28. The number of ketones is 1. The number of fused-ring (bicyclic) bond motifs is 2. The minimum absolute atomic E-state index is 0.0109. The maximum atomic E-state index is 12.6. The van der Waals surface area contributed by atoms with Gasteiger partial charge in [-0.05, 0) is 24.2 Å². The van der Waals surface area contributed by atoms with Crippen molar-refractivity contribution < 1.29 is 14.7 Å². The predicted octanol–water partition coefficient (Wildman–Crippen LogP) is 0.278. The van der Waals surface area contributed by atoms with E-state index in [-0.39, 0.29) is 36.2 Å². The van der Waals surface area contributed by atoms with Crippen LogP contribution in [-0.2, 0) is 9.59 Å². The molecule has 0 heterocycles. The van der Waals surface area contributed by atoms with Gasteiger partial charge in [0.15, 0.2) is 0 Å². The van der Waals surface area contributed by atoms with Crippen LogP contribution in [0.3, 0.4) is 0 Å². The monoisotopic (exact) mass is 282 g/mol. The van der Waals surface area contributed by atoms with E-state index in [0.717, 1.165) is 12.8 Å². The molecule has 2 rings (SSSR count). The molecule has 2 saturated carbocycles. The van der Waals surface area contributed by atoms with Crippen LogP contribution in [0.4, 0.5) is 0 Å². The van der Waals surface area contributed by atoms with Crippen LogP contribution in [0, 0.1) is 22.7 Å². The summed E-state index contributed by atoms with van der Waals surface area (Å²) in [5, 5.41) is 12.9. The lowest BCUT2D eigenvalue weighted by atomic mass is 9.69. The van der Waals surface area contributed by atoms with E-state index in [0.29, 0.717) is 12.5 Å². The zero-order chi connectivity index (χ0) is 15.1. The number of aliphatic hydroxyl groups excluding tert-OH is 1. The lowest BCUT2D eigenvalue weighted by Crippen LogP contribution is -2.42. The third kappa shape index (κ3) is 1.99. The first-order valence-electron chi connectivity index (χ1n) is 7.34. The zero-order valence-corrected chi connectivity index (χ0v) is 12.9. The molecular formula is C15H26N2O3. The summed E-state index contributed by atoms with van der Waals surface area (Å²) in [5.41, 5.74) is -0.702. The number of amides is 1. The van der Waals surface area contributed by atoms with Crippen LogP contribution in [0.1, 0.15) is 26.7 Å². The highest BCUT2D eigenvalue weighted by atomic mass is 16.3. The van der Waals surface area contributed by atoms with Crippen LogP contribution < -0.4 is 5.32 Å². The minimum atomic E-state index is -0.560. The van der Waals surface area contributed by atoms with E-state index >= 15 is 0 Å². The topological polar surface area (TPSA) is 69.6 Å². The molecule has 0 radical (unpaired) electrons. The number of rotatable bonds is 5. The molecule has 0 spiro atoms. The Bertz CT molecular complexity index is 419. The Morgan fingerprint density at radius 2 is 2.10 bits per heavy atom. The molecule has 1 amide bonds. The Kier molecular flexibility index (Phi) is 3.95. The Morgan fingerprint density at radius 1 is 1.45 bits per heavy atom. The lowest BCUT2D eigenvalue weighted by molar-refractivity contribution is -0.135. The summed E-state index contributed by atoms with van der Waals surface area (Å²) in [4.78, 5) is 25.7. The predicted molar refractivity (Wildman–Crippen MR) is 76.1 cm³/mol. The quantitative estimate of drug-likeness (QED) is 0.760. The molecule has 0 saturated heterocycles. The highest BCUT2D eigenvalue weighted by Gasteiger charge is 2.67. The molecule has 2 bridgehead atoms. The number of hydrogen-bond acceptors (Lipinski definition) is 4. The van der Waals surface area contributed by atoms with Crippen LogP contribution in [0.15, 0.2) is 0 Å². The molecule has 2 aliphatic rings. The van der Waals surface area contributed by atoms with Crippen molar-refractivity contribution in [1.29, 1.82) is 0 Å². The van der Waals surface area contributed by atoms with Gasteiger partial charge in [-0.25, -0.2) is 0 Å². The summed E-state index contributed by atoms with van der Waals surface area (Å²) >= 11 is 0. The Hall–Kier alpha value is -0.940. The third-order valence-corrected chi connectivity index (χ3v) is 5.75. The van der Waals surface area contributed by atoms with Gasteiger partial charge < -0.3 is 15.3 Å². The number of nitrogens with one attached hydrogen (secondary N) is 1. The van der Waals surface area contributed by atoms with E-state index in [2.05, 4.69) is 19.2 Å². The molecular weight excluding hydrogens is 256 g/mol. The average molecular weight is 282 g/mol. The molecule has 5 nitrogen and oxygen atoms in total. The number of hydrogen-bond donors (Lipinski definition) is 2. The van der Waals surface area contributed by atoms with Crippen molar-refractivity contribution in [2.75, 3.05) is 33.8 Å². The Balaban J connectivity index is 2.02. The van der Waals surface area contributed by atoms with Crippen molar-refractivity contribution in [2.45, 2.75) is 26.7 Å². The van der Waals surface area contributed by atoms with Gasteiger partial charge in [-0.3, -0.25) is 9.59 Å². The molecule has 2 aliphatic carbocycles. The fourth-order valence-corrected chi connectivity index (χ4v) is 4.21. The second-order valence-electron chi connectivity index (χ2n) is 7.00. The van der Waals surface area contributed by atoms with E-state index in [9.17, 15) is 14.7 Å². The SMILES string of the molecule is CN(C)C(=O)CNCC1C(=O)C2(CO)CCC1C2(C)C. The van der Waals surface area contributed by atoms with Gasteiger partial charge in [0.25, 0.3) is 0 Å². The van der Waals surface area contributed by atoms with E-state index in [4.69, 9.17) is 0 Å². The molecule has 3 unspecified atom stereocenters. The van der Waals surface area contributed by atoms with Crippen molar-refractivity contribution in [2.24, 2.45) is 22.7 Å². The summed E-state index contributed by atoms with van der Waals surface area (Å²) in [6, 6.07) is 0. The summed E-state index contributed by atoms with van der Waals surface area (Å²) < 4.78 is 0. The van der Waals surface area contributed by atoms with Gasteiger partial charge in [0, 0.05) is 26.6 Å². The minimum Gasteiger partial charge on any atom is -0.395 e. The van der Waals surface area contributed by atoms with Crippen molar-refractivity contribution in [3.8, 4) is 0 Å². The number of likely N-dealkylation sites (N-methyl/N-ethyl adjacent to an activating group) is 1. The Labute approximate surface area is 120 Å². The standard InChI is InChI=1S/C15H26N2O3/c1-14(2)11-5-6-15(14,9-18)13(20)10(11)7-16-8-12(19)17(3)4/h10-11,16,18H,5-9H2,1-4H3. The summed E-state index contributed by atoms with van der Waals surface area (Å²) in [5.74, 6) is 0.438. The number of aliphatic hydroxyl groups is 1. The lowest BCUT2D eigenvalue weighted by Gasteiger charge is -2.34. The van der Waals surface area contributed by atoms with Gasteiger partial charge in [0.2, 0.25) is 5.91 Å². The molecule has 0 aromatic rings. The number of nitrogens with zero attached hydrogens (tertiary/aromatic N) is 1. The highest BCUT2D eigenvalue weighted by Crippen LogP contribution is 2.65. The molecule has 0 aliphatic heterocycles. The van der Waals surface area contributed by atoms with Gasteiger partial charge >= 0.3 is 0 Å². The van der Waals surface area contributed by atoms with Crippen LogP contribution >= 0.6 is 0 Å². The molecule has 5 heteroatoms. The fraction of sp³-hybridized carbons (Fsp3) is 0.867. The summed E-state index contributed by atoms with van der Waals surface area (Å²) in [6.45, 7) is 4.94. The number of Topliss-reactive ketones (excluding diaryl/α,β-unsaturated/α-hetero) is 1. The normalized spacial score (nSPS) is 34.5. The summed E-state index contributed by atoms with van der Waals surface area (Å²) in [6.07, 6.45) is 1.79. The van der Waals surface area contributed by atoms with Crippen molar-refractivity contribution in [1.82, 2.24) is 10.2 Å².